The Hall–Kier alpha value is -1.15. The summed E-state index contributed by atoms with van der Waals surface area (Å²) in [7, 11) is -3.64. The molecule has 0 radical (unpaired) electrons. The van der Waals surface area contributed by atoms with Gasteiger partial charge in [0.05, 0.1) is 6.26 Å². The minimum absolute atomic E-state index is 0.280. The van der Waals surface area contributed by atoms with Gasteiger partial charge in [-0.3, -0.25) is 9.59 Å². The average molecular weight is 225 g/mol. The summed E-state index contributed by atoms with van der Waals surface area (Å²) in [6.07, 6.45) is 0.126. The van der Waals surface area contributed by atoms with Crippen molar-refractivity contribution in [3.63, 3.8) is 0 Å². The van der Waals surface area contributed by atoms with Crippen LogP contribution in [0, 0.1) is 0 Å². The van der Waals surface area contributed by atoms with Gasteiger partial charge in [0, 0.05) is 6.42 Å². The summed E-state index contributed by atoms with van der Waals surface area (Å²) in [5.74, 6) is -2.57. The minimum Gasteiger partial charge on any atom is -0.481 e. The number of carbonyl (C=O) groups is 2. The third-order valence-corrected chi connectivity index (χ3v) is 2.01. The van der Waals surface area contributed by atoms with Crippen LogP contribution in [0.5, 0.6) is 0 Å². The summed E-state index contributed by atoms with van der Waals surface area (Å²) in [6.45, 7) is 0. The molecule has 8 heteroatoms. The molecule has 3 N–H and O–H groups in total. The van der Waals surface area contributed by atoms with E-state index in [4.69, 9.17) is 10.2 Å². The van der Waals surface area contributed by atoms with Crippen LogP contribution in [0.4, 0.5) is 0 Å². The Morgan fingerprint density at radius 2 is 1.86 bits per heavy atom. The molecule has 0 rings (SSSR count). The first-order valence-corrected chi connectivity index (χ1v) is 5.53. The topological polar surface area (TPSA) is 121 Å². The molecule has 1 unspecified atom stereocenters. The van der Waals surface area contributed by atoms with Crippen LogP contribution in [0.2, 0.25) is 0 Å². The number of nitrogens with one attached hydrogen (secondary N) is 1. The zero-order valence-corrected chi connectivity index (χ0v) is 8.24. The lowest BCUT2D eigenvalue weighted by Gasteiger charge is -2.10. The Bertz CT molecular complexity index is 321. The van der Waals surface area contributed by atoms with E-state index in [2.05, 4.69) is 0 Å². The molecule has 0 aromatic carbocycles. The summed E-state index contributed by atoms with van der Waals surface area (Å²) in [6, 6.07) is -1.39. The standard InChI is InChI=1S/C6H11NO6S/c1-14(12,13)7-4(6(10)11)2-3-5(8)9/h4,7H,2-3H2,1H3,(H,8,9)(H,10,11). The van der Waals surface area contributed by atoms with E-state index in [0.29, 0.717) is 0 Å². The van der Waals surface area contributed by atoms with Crippen LogP contribution in [-0.2, 0) is 19.6 Å². The van der Waals surface area contributed by atoms with Gasteiger partial charge in [0.15, 0.2) is 0 Å². The lowest BCUT2D eigenvalue weighted by molar-refractivity contribution is -0.140. The van der Waals surface area contributed by atoms with Crippen LogP contribution in [0.25, 0.3) is 0 Å². The van der Waals surface area contributed by atoms with Crippen LogP contribution in [-0.4, -0.2) is 42.9 Å². The number of hydrogen-bond donors (Lipinski definition) is 3. The van der Waals surface area contributed by atoms with Gasteiger partial charge in [-0.25, -0.2) is 13.1 Å². The van der Waals surface area contributed by atoms with Crippen molar-refractivity contribution in [2.75, 3.05) is 6.26 Å². The molecule has 7 nitrogen and oxygen atoms in total. The summed E-state index contributed by atoms with van der Waals surface area (Å²) < 4.78 is 23.2. The predicted molar refractivity (Wildman–Crippen MR) is 46.3 cm³/mol. The molecule has 0 saturated carbocycles. The Balaban J connectivity index is 4.32. The molecule has 0 amide bonds. The molecule has 0 aliphatic rings. The third-order valence-electron chi connectivity index (χ3n) is 1.30. The fourth-order valence-electron chi connectivity index (χ4n) is 0.759. The Morgan fingerprint density at radius 1 is 1.36 bits per heavy atom. The normalized spacial score (nSPS) is 13.5. The maximum absolute atomic E-state index is 10.7. The summed E-state index contributed by atoms with van der Waals surface area (Å²) in [5.41, 5.74) is 0. The average Bonchev–Trinajstić information content (AvgIpc) is 1.94. The van der Waals surface area contributed by atoms with Crippen molar-refractivity contribution < 1.29 is 28.2 Å². The largest absolute Gasteiger partial charge is 0.481 e. The van der Waals surface area contributed by atoms with Gasteiger partial charge in [-0.2, -0.15) is 0 Å². The highest BCUT2D eigenvalue weighted by Gasteiger charge is 2.21. The van der Waals surface area contributed by atoms with E-state index in [1.165, 1.54) is 0 Å². The Morgan fingerprint density at radius 3 is 2.14 bits per heavy atom. The highest BCUT2D eigenvalue weighted by Crippen LogP contribution is 1.99. The van der Waals surface area contributed by atoms with Gasteiger partial charge < -0.3 is 10.2 Å². The second-order valence-corrected chi connectivity index (χ2v) is 4.49. The number of hydrogen-bond acceptors (Lipinski definition) is 4. The molecule has 0 spiro atoms. The maximum Gasteiger partial charge on any atom is 0.321 e. The number of aliphatic carboxylic acids is 2. The molecule has 0 aliphatic heterocycles. The van der Waals surface area contributed by atoms with E-state index >= 15 is 0 Å². The molecule has 82 valence electrons. The fourth-order valence-corrected chi connectivity index (χ4v) is 1.49. The molecule has 14 heavy (non-hydrogen) atoms. The number of carboxylic acid groups (broad SMARTS) is 2. The Kier molecular flexibility index (Phi) is 4.51. The number of rotatable bonds is 6. The highest BCUT2D eigenvalue weighted by atomic mass is 32.2. The minimum atomic E-state index is -3.64. The van der Waals surface area contributed by atoms with E-state index < -0.39 is 34.4 Å². The first kappa shape index (κ1) is 12.8. The van der Waals surface area contributed by atoms with E-state index in [-0.39, 0.29) is 6.42 Å². The first-order valence-electron chi connectivity index (χ1n) is 3.64. The second kappa shape index (κ2) is 4.91. The van der Waals surface area contributed by atoms with Crippen molar-refractivity contribution in [1.82, 2.24) is 4.72 Å². The van der Waals surface area contributed by atoms with Crippen molar-refractivity contribution in [3.8, 4) is 0 Å². The molecule has 0 aromatic rings. The van der Waals surface area contributed by atoms with Crippen LogP contribution < -0.4 is 4.72 Å². The van der Waals surface area contributed by atoms with E-state index in [9.17, 15) is 18.0 Å². The summed E-state index contributed by atoms with van der Waals surface area (Å²) in [5, 5.41) is 16.8. The molecule has 1 atom stereocenters. The molecule has 0 aliphatic carbocycles. The third kappa shape index (κ3) is 6.38. The summed E-state index contributed by atoms with van der Waals surface area (Å²) >= 11 is 0. The van der Waals surface area contributed by atoms with E-state index in [1.807, 2.05) is 4.72 Å². The molecule has 0 heterocycles. The van der Waals surface area contributed by atoms with Gasteiger partial charge in [0.2, 0.25) is 10.0 Å². The van der Waals surface area contributed by atoms with Crippen LogP contribution in [0.1, 0.15) is 12.8 Å². The van der Waals surface area contributed by atoms with Crippen molar-refractivity contribution in [2.24, 2.45) is 0 Å². The smallest absolute Gasteiger partial charge is 0.321 e. The molecule has 0 bridgehead atoms. The van der Waals surface area contributed by atoms with Crippen molar-refractivity contribution in [1.29, 1.82) is 0 Å². The molecular formula is C6H11NO6S. The van der Waals surface area contributed by atoms with Crippen molar-refractivity contribution in [2.45, 2.75) is 18.9 Å². The SMILES string of the molecule is CS(=O)(=O)NC(CCC(=O)O)C(=O)O. The molecule has 0 saturated heterocycles. The lowest BCUT2D eigenvalue weighted by Crippen LogP contribution is -2.40. The monoisotopic (exact) mass is 225 g/mol. The molecule has 0 fully saturated rings. The quantitative estimate of drug-likeness (QED) is 0.525. The van der Waals surface area contributed by atoms with Gasteiger partial charge in [-0.15, -0.1) is 0 Å². The van der Waals surface area contributed by atoms with Gasteiger partial charge in [-0.1, -0.05) is 0 Å². The van der Waals surface area contributed by atoms with E-state index in [0.717, 1.165) is 6.26 Å². The lowest BCUT2D eigenvalue weighted by atomic mass is 10.2. The predicted octanol–water partition coefficient (Wildman–Crippen LogP) is -1.15. The molecular weight excluding hydrogens is 214 g/mol. The first-order chi connectivity index (χ1) is 6.22. The van der Waals surface area contributed by atoms with Crippen LogP contribution in [0.3, 0.4) is 0 Å². The van der Waals surface area contributed by atoms with Crippen molar-refractivity contribution in [3.05, 3.63) is 0 Å². The zero-order chi connectivity index (χ0) is 11.4. The van der Waals surface area contributed by atoms with Gasteiger partial charge in [-0.05, 0) is 6.42 Å². The Labute approximate surface area is 80.8 Å². The molecule has 0 aromatic heterocycles. The highest BCUT2D eigenvalue weighted by molar-refractivity contribution is 7.88. The second-order valence-electron chi connectivity index (χ2n) is 2.71. The van der Waals surface area contributed by atoms with Gasteiger partial charge in [0.25, 0.3) is 0 Å². The van der Waals surface area contributed by atoms with E-state index in [1.54, 1.807) is 0 Å². The number of carboxylic acids is 2. The van der Waals surface area contributed by atoms with Crippen LogP contribution in [0.15, 0.2) is 0 Å². The van der Waals surface area contributed by atoms with Crippen molar-refractivity contribution >= 4 is 22.0 Å². The van der Waals surface area contributed by atoms with Gasteiger partial charge >= 0.3 is 11.9 Å². The van der Waals surface area contributed by atoms with Crippen LogP contribution >= 0.6 is 0 Å². The zero-order valence-electron chi connectivity index (χ0n) is 7.43. The summed E-state index contributed by atoms with van der Waals surface area (Å²) in [4.78, 5) is 20.6. The number of sulfonamides is 1. The maximum atomic E-state index is 10.7. The van der Waals surface area contributed by atoms with Gasteiger partial charge in [0.1, 0.15) is 6.04 Å². The fraction of sp³-hybridized carbons (Fsp3) is 0.667.